The number of nitrogens with one attached hydrogen (secondary N) is 1. The number of para-hydroxylation sites is 1. The van der Waals surface area contributed by atoms with E-state index in [4.69, 9.17) is 9.47 Å². The highest BCUT2D eigenvalue weighted by Gasteiger charge is 2.18. The average Bonchev–Trinajstić information content (AvgIpc) is 3.20. The van der Waals surface area contributed by atoms with Crippen LogP contribution in [0.1, 0.15) is 5.56 Å². The molecule has 8 nitrogen and oxygen atoms in total. The molecule has 0 atom stereocenters. The molecule has 1 N–H and O–H groups in total. The molecule has 0 fully saturated rings. The Hall–Kier alpha value is -4.59. The zero-order valence-electron chi connectivity index (χ0n) is 19.4. The van der Waals surface area contributed by atoms with Gasteiger partial charge in [-0.05, 0) is 35.9 Å². The van der Waals surface area contributed by atoms with Gasteiger partial charge in [0.05, 0.1) is 32.6 Å². The van der Waals surface area contributed by atoms with Crippen LogP contribution in [-0.4, -0.2) is 34.2 Å². The predicted molar refractivity (Wildman–Crippen MR) is 135 cm³/mol. The topological polar surface area (TPSA) is 87.4 Å². The minimum Gasteiger partial charge on any atom is -0.497 e. The van der Waals surface area contributed by atoms with Crippen LogP contribution in [0.4, 0.5) is 5.69 Å². The van der Waals surface area contributed by atoms with Crippen LogP contribution < -0.4 is 20.3 Å². The molecule has 2 aromatic heterocycles. The normalized spacial score (nSPS) is 11.0. The average molecular weight is 469 g/mol. The highest BCUT2D eigenvalue weighted by Crippen LogP contribution is 2.25. The van der Waals surface area contributed by atoms with Gasteiger partial charge in [0.15, 0.2) is 0 Å². The lowest BCUT2D eigenvalue weighted by Crippen LogP contribution is -2.25. The van der Waals surface area contributed by atoms with Crippen LogP contribution in [-0.2, 0) is 17.9 Å². The van der Waals surface area contributed by atoms with Crippen molar-refractivity contribution in [1.82, 2.24) is 14.1 Å². The van der Waals surface area contributed by atoms with Gasteiger partial charge >= 0.3 is 0 Å². The van der Waals surface area contributed by atoms with Gasteiger partial charge in [0.1, 0.15) is 29.1 Å². The van der Waals surface area contributed by atoms with Gasteiger partial charge in [-0.1, -0.05) is 36.4 Å². The number of benzene rings is 3. The van der Waals surface area contributed by atoms with Crippen LogP contribution in [0.25, 0.3) is 21.9 Å². The van der Waals surface area contributed by atoms with Crippen LogP contribution in [0.3, 0.4) is 0 Å². The summed E-state index contributed by atoms with van der Waals surface area (Å²) in [6.07, 6.45) is 1.56. The minimum absolute atomic E-state index is 0.0370. The summed E-state index contributed by atoms with van der Waals surface area (Å²) >= 11 is 0. The Kier molecular flexibility index (Phi) is 5.93. The molecule has 0 aliphatic heterocycles. The third-order valence-electron chi connectivity index (χ3n) is 5.90. The maximum atomic E-state index is 13.6. The van der Waals surface area contributed by atoms with Crippen molar-refractivity contribution in [2.45, 2.75) is 13.1 Å². The molecule has 35 heavy (non-hydrogen) atoms. The van der Waals surface area contributed by atoms with Crippen molar-refractivity contribution in [2.24, 2.45) is 0 Å². The third kappa shape index (κ3) is 4.33. The summed E-state index contributed by atoms with van der Waals surface area (Å²) < 4.78 is 13.7. The zero-order valence-corrected chi connectivity index (χ0v) is 19.4. The van der Waals surface area contributed by atoms with Gasteiger partial charge in [-0.3, -0.25) is 14.2 Å². The molecule has 0 radical (unpaired) electrons. The van der Waals surface area contributed by atoms with Gasteiger partial charge in [0.2, 0.25) is 5.91 Å². The summed E-state index contributed by atoms with van der Waals surface area (Å²) in [6, 6.07) is 22.2. The zero-order chi connectivity index (χ0) is 24.4. The van der Waals surface area contributed by atoms with Crippen LogP contribution in [0.15, 0.2) is 83.9 Å². The highest BCUT2D eigenvalue weighted by molar-refractivity contribution is 6.06. The summed E-state index contributed by atoms with van der Waals surface area (Å²) in [4.78, 5) is 31.2. The van der Waals surface area contributed by atoms with Gasteiger partial charge in [0.25, 0.3) is 5.56 Å². The van der Waals surface area contributed by atoms with E-state index in [-0.39, 0.29) is 18.0 Å². The number of ether oxygens (including phenoxy) is 2. The Bertz CT molecular complexity index is 1590. The molecule has 0 saturated heterocycles. The smallest absolute Gasteiger partial charge is 0.278 e. The minimum atomic E-state index is -0.258. The van der Waals surface area contributed by atoms with Crippen molar-refractivity contribution in [3.8, 4) is 11.5 Å². The molecule has 0 unspecified atom stereocenters. The summed E-state index contributed by atoms with van der Waals surface area (Å²) in [6.45, 7) is 0.313. The second-order valence-corrected chi connectivity index (χ2v) is 8.11. The Morgan fingerprint density at radius 1 is 0.943 bits per heavy atom. The van der Waals surface area contributed by atoms with Crippen LogP contribution >= 0.6 is 0 Å². The number of aromatic nitrogens is 3. The number of nitrogens with zero attached hydrogens (tertiary/aromatic N) is 3. The fourth-order valence-electron chi connectivity index (χ4n) is 4.20. The maximum absolute atomic E-state index is 13.6. The first-order valence-electron chi connectivity index (χ1n) is 11.1. The number of carbonyl (C=O) groups is 1. The van der Waals surface area contributed by atoms with E-state index in [0.717, 1.165) is 22.2 Å². The molecular formula is C27H24N4O4. The number of fused-ring (bicyclic) bond motifs is 3. The lowest BCUT2D eigenvalue weighted by atomic mass is 10.2. The number of methoxy groups -OCH3 is 2. The van der Waals surface area contributed by atoms with Gasteiger partial charge < -0.3 is 19.4 Å². The van der Waals surface area contributed by atoms with E-state index in [9.17, 15) is 9.59 Å². The van der Waals surface area contributed by atoms with E-state index >= 15 is 0 Å². The number of rotatable bonds is 7. The summed E-state index contributed by atoms with van der Waals surface area (Å²) in [5, 5.41) is 3.71. The fourth-order valence-corrected chi connectivity index (χ4v) is 4.20. The fraction of sp³-hybridized carbons (Fsp3) is 0.148. The number of carbonyl (C=O) groups excluding carboxylic acids is 1. The largest absolute Gasteiger partial charge is 0.497 e. The first kappa shape index (κ1) is 22.2. The SMILES string of the molecule is COc1ccc(Cn2cnc3c4ccccc4n(CC(=O)Nc4cccc(OC)c4)c3c2=O)cc1. The van der Waals surface area contributed by atoms with Crippen molar-refractivity contribution in [1.29, 1.82) is 0 Å². The number of hydrogen-bond acceptors (Lipinski definition) is 5. The van der Waals surface area contributed by atoms with Crippen LogP contribution in [0, 0.1) is 0 Å². The maximum Gasteiger partial charge on any atom is 0.278 e. The lowest BCUT2D eigenvalue weighted by molar-refractivity contribution is -0.116. The molecule has 0 aliphatic rings. The lowest BCUT2D eigenvalue weighted by Gasteiger charge is -2.11. The quantitative estimate of drug-likeness (QED) is 0.389. The molecule has 5 rings (SSSR count). The molecule has 176 valence electrons. The summed E-state index contributed by atoms with van der Waals surface area (Å²) in [7, 11) is 3.18. The van der Waals surface area contributed by atoms with E-state index in [1.807, 2.05) is 48.5 Å². The second kappa shape index (κ2) is 9.34. The Morgan fingerprint density at radius 2 is 1.71 bits per heavy atom. The van der Waals surface area contributed by atoms with E-state index in [1.54, 1.807) is 53.9 Å². The van der Waals surface area contributed by atoms with Crippen LogP contribution in [0.2, 0.25) is 0 Å². The Morgan fingerprint density at radius 3 is 2.49 bits per heavy atom. The van der Waals surface area contributed by atoms with E-state index in [2.05, 4.69) is 10.3 Å². The van der Waals surface area contributed by atoms with Crippen molar-refractivity contribution in [3.63, 3.8) is 0 Å². The monoisotopic (exact) mass is 468 g/mol. The van der Waals surface area contributed by atoms with E-state index in [0.29, 0.717) is 29.0 Å². The molecule has 3 aromatic carbocycles. The van der Waals surface area contributed by atoms with Gasteiger partial charge in [-0.2, -0.15) is 0 Å². The summed E-state index contributed by atoms with van der Waals surface area (Å²) in [5.74, 6) is 1.13. The molecule has 1 amide bonds. The number of amides is 1. The highest BCUT2D eigenvalue weighted by atomic mass is 16.5. The predicted octanol–water partition coefficient (Wildman–Crippen LogP) is 4.06. The van der Waals surface area contributed by atoms with Crippen LogP contribution in [0.5, 0.6) is 11.5 Å². The molecule has 0 aliphatic carbocycles. The number of hydrogen-bond donors (Lipinski definition) is 1. The summed E-state index contributed by atoms with van der Waals surface area (Å²) in [5.41, 5.74) is 3.08. The Labute approximate surface area is 201 Å². The van der Waals surface area contributed by atoms with Gasteiger partial charge in [-0.25, -0.2) is 4.98 Å². The van der Waals surface area contributed by atoms with Crippen molar-refractivity contribution >= 4 is 33.5 Å². The van der Waals surface area contributed by atoms with Crippen molar-refractivity contribution in [3.05, 3.63) is 95.0 Å². The van der Waals surface area contributed by atoms with Crippen molar-refractivity contribution < 1.29 is 14.3 Å². The first-order chi connectivity index (χ1) is 17.1. The molecule has 2 heterocycles. The second-order valence-electron chi connectivity index (χ2n) is 8.11. The van der Waals surface area contributed by atoms with Gasteiger partial charge in [-0.15, -0.1) is 0 Å². The standard InChI is InChI=1S/C27H24N4O4/c1-34-20-12-10-18(11-13-20)15-30-17-28-25-22-8-3-4-9-23(22)31(26(25)27(30)33)16-24(32)29-19-6-5-7-21(14-19)35-2/h3-14,17H,15-16H2,1-2H3,(H,29,32). The third-order valence-corrected chi connectivity index (χ3v) is 5.90. The van der Waals surface area contributed by atoms with Gasteiger partial charge in [0, 0.05) is 17.1 Å². The Balaban J connectivity index is 1.53. The molecule has 0 spiro atoms. The molecule has 5 aromatic rings. The molecular weight excluding hydrogens is 444 g/mol. The first-order valence-corrected chi connectivity index (χ1v) is 11.1. The van der Waals surface area contributed by atoms with Crippen molar-refractivity contribution in [2.75, 3.05) is 19.5 Å². The number of anilines is 1. The van der Waals surface area contributed by atoms with E-state index in [1.165, 1.54) is 0 Å². The molecule has 0 bridgehead atoms. The molecule has 8 heteroatoms. The molecule has 0 saturated carbocycles. The van der Waals surface area contributed by atoms with E-state index < -0.39 is 0 Å².